The Balaban J connectivity index is 3.08. The molecule has 0 aliphatic heterocycles. The fourth-order valence-electron chi connectivity index (χ4n) is 1.13. The summed E-state index contributed by atoms with van der Waals surface area (Å²) in [6.07, 6.45) is -9.91. The quantitative estimate of drug-likeness (QED) is 0.828. The highest BCUT2D eigenvalue weighted by molar-refractivity contribution is 5.36. The van der Waals surface area contributed by atoms with Crippen molar-refractivity contribution >= 4 is 0 Å². The van der Waals surface area contributed by atoms with Crippen LogP contribution in [0.1, 0.15) is 11.6 Å². The lowest BCUT2D eigenvalue weighted by Gasteiger charge is -2.19. The summed E-state index contributed by atoms with van der Waals surface area (Å²) in [6, 6.07) is 1.34. The van der Waals surface area contributed by atoms with E-state index in [0.717, 1.165) is 24.3 Å². The highest BCUT2D eigenvalue weighted by Crippen LogP contribution is 2.36. The monoisotopic (exact) mass is 259 g/mol. The van der Waals surface area contributed by atoms with Crippen LogP contribution < -0.4 is 10.5 Å². The van der Waals surface area contributed by atoms with Crippen LogP contribution in [0.5, 0.6) is 5.75 Å². The van der Waals surface area contributed by atoms with E-state index in [4.69, 9.17) is 5.73 Å². The van der Waals surface area contributed by atoms with Gasteiger partial charge in [-0.2, -0.15) is 13.2 Å². The van der Waals surface area contributed by atoms with Gasteiger partial charge in [0.25, 0.3) is 0 Å². The minimum absolute atomic E-state index is 0.766. The van der Waals surface area contributed by atoms with Crippen LogP contribution in [0, 0.1) is 0 Å². The minimum Gasteiger partial charge on any atom is -0.405 e. The predicted molar refractivity (Wildman–Crippen MR) is 46.1 cm³/mol. The van der Waals surface area contributed by atoms with Gasteiger partial charge >= 0.3 is 12.5 Å². The van der Waals surface area contributed by atoms with Gasteiger partial charge in [0, 0.05) is 5.56 Å². The molecular weight excluding hydrogens is 252 g/mol. The van der Waals surface area contributed by atoms with E-state index in [9.17, 15) is 26.3 Å². The van der Waals surface area contributed by atoms with Crippen molar-refractivity contribution in [2.24, 2.45) is 5.73 Å². The van der Waals surface area contributed by atoms with Crippen molar-refractivity contribution < 1.29 is 31.1 Å². The lowest BCUT2D eigenvalue weighted by atomic mass is 10.1. The maximum Gasteiger partial charge on any atom is 0.573 e. The summed E-state index contributed by atoms with van der Waals surface area (Å²) >= 11 is 0. The standard InChI is InChI=1S/C9H7F6NO/c10-8(11,12)7(16)5-3-1-2-4-6(5)17-9(13,14)15/h1-4,7H,16H2. The zero-order chi connectivity index (χ0) is 13.3. The first-order chi connectivity index (χ1) is 7.61. The van der Waals surface area contributed by atoms with Gasteiger partial charge in [0.2, 0.25) is 0 Å². The third kappa shape index (κ3) is 3.81. The van der Waals surface area contributed by atoms with Gasteiger partial charge < -0.3 is 10.5 Å². The summed E-state index contributed by atoms with van der Waals surface area (Å²) in [4.78, 5) is 0. The van der Waals surface area contributed by atoms with Crippen LogP contribution in [0.25, 0.3) is 0 Å². The molecule has 0 saturated carbocycles. The lowest BCUT2D eigenvalue weighted by molar-refractivity contribution is -0.275. The van der Waals surface area contributed by atoms with E-state index < -0.39 is 29.9 Å². The van der Waals surface area contributed by atoms with E-state index in [1.165, 1.54) is 0 Å². The largest absolute Gasteiger partial charge is 0.573 e. The molecule has 0 heterocycles. The molecule has 0 spiro atoms. The highest BCUT2D eigenvalue weighted by Gasteiger charge is 2.41. The third-order valence-electron chi connectivity index (χ3n) is 1.83. The number of halogens is 6. The Morgan fingerprint density at radius 2 is 1.53 bits per heavy atom. The van der Waals surface area contributed by atoms with Crippen LogP contribution in [-0.2, 0) is 0 Å². The van der Waals surface area contributed by atoms with Gasteiger partial charge in [-0.05, 0) is 6.07 Å². The number of hydrogen-bond donors (Lipinski definition) is 1. The maximum atomic E-state index is 12.3. The Labute approximate surface area is 92.0 Å². The summed E-state index contributed by atoms with van der Waals surface area (Å²) in [6.45, 7) is 0. The van der Waals surface area contributed by atoms with Gasteiger partial charge in [0.1, 0.15) is 11.8 Å². The first-order valence-corrected chi connectivity index (χ1v) is 4.28. The third-order valence-corrected chi connectivity index (χ3v) is 1.83. The van der Waals surface area contributed by atoms with Crippen molar-refractivity contribution in [2.45, 2.75) is 18.6 Å². The number of para-hydroxylation sites is 1. The van der Waals surface area contributed by atoms with Crippen LogP contribution in [0.2, 0.25) is 0 Å². The van der Waals surface area contributed by atoms with Gasteiger partial charge in [0.05, 0.1) is 0 Å². The second kappa shape index (κ2) is 4.44. The first kappa shape index (κ1) is 13.6. The molecule has 0 amide bonds. The first-order valence-electron chi connectivity index (χ1n) is 4.28. The Morgan fingerprint density at radius 3 is 2.00 bits per heavy atom. The summed E-state index contributed by atoms with van der Waals surface area (Å²) in [7, 11) is 0. The van der Waals surface area contributed by atoms with Crippen molar-refractivity contribution in [3.05, 3.63) is 29.8 Å². The van der Waals surface area contributed by atoms with Crippen LogP contribution in [0.15, 0.2) is 24.3 Å². The molecule has 0 fully saturated rings. The Bertz CT molecular complexity index is 386. The van der Waals surface area contributed by atoms with E-state index in [1.54, 1.807) is 0 Å². The molecule has 8 heteroatoms. The molecule has 0 saturated heterocycles. The van der Waals surface area contributed by atoms with Crippen LogP contribution in [0.3, 0.4) is 0 Å². The number of nitrogens with two attached hydrogens (primary N) is 1. The zero-order valence-electron chi connectivity index (χ0n) is 8.14. The van der Waals surface area contributed by atoms with E-state index in [0.29, 0.717) is 0 Å². The van der Waals surface area contributed by atoms with Crippen molar-refractivity contribution in [1.82, 2.24) is 0 Å². The molecule has 2 N–H and O–H groups in total. The number of alkyl halides is 6. The molecule has 0 aliphatic rings. The smallest absolute Gasteiger partial charge is 0.405 e. The number of hydrogen-bond acceptors (Lipinski definition) is 2. The average Bonchev–Trinajstić information content (AvgIpc) is 2.13. The van der Waals surface area contributed by atoms with Crippen molar-refractivity contribution in [1.29, 1.82) is 0 Å². The zero-order valence-corrected chi connectivity index (χ0v) is 8.14. The lowest BCUT2D eigenvalue weighted by Crippen LogP contribution is -2.29. The van der Waals surface area contributed by atoms with Crippen molar-refractivity contribution in [3.8, 4) is 5.75 Å². The normalized spacial score (nSPS) is 14.5. The minimum atomic E-state index is -5.07. The maximum absolute atomic E-state index is 12.3. The number of rotatable bonds is 2. The fraction of sp³-hybridized carbons (Fsp3) is 0.333. The molecule has 0 aliphatic carbocycles. The predicted octanol–water partition coefficient (Wildman–Crippen LogP) is 3.15. The summed E-state index contributed by atoms with van der Waals surface area (Å²) < 4.78 is 76.1. The van der Waals surface area contributed by atoms with E-state index in [1.807, 2.05) is 0 Å². The molecule has 1 unspecified atom stereocenters. The van der Waals surface area contributed by atoms with Gasteiger partial charge in [-0.15, -0.1) is 13.2 Å². The topological polar surface area (TPSA) is 35.2 Å². The Kier molecular flexibility index (Phi) is 3.56. The van der Waals surface area contributed by atoms with Crippen LogP contribution in [0.4, 0.5) is 26.3 Å². The van der Waals surface area contributed by atoms with Crippen molar-refractivity contribution in [2.75, 3.05) is 0 Å². The molecule has 1 rings (SSSR count). The van der Waals surface area contributed by atoms with Gasteiger partial charge in [-0.3, -0.25) is 0 Å². The average molecular weight is 259 g/mol. The summed E-state index contributed by atoms with van der Waals surface area (Å²) in [5.74, 6) is -0.954. The molecule has 96 valence electrons. The molecule has 0 bridgehead atoms. The SMILES string of the molecule is NC(c1ccccc1OC(F)(F)F)C(F)(F)F. The van der Waals surface area contributed by atoms with Crippen molar-refractivity contribution in [3.63, 3.8) is 0 Å². The second-order valence-electron chi connectivity index (χ2n) is 3.10. The van der Waals surface area contributed by atoms with E-state index >= 15 is 0 Å². The molecule has 1 aromatic rings. The Hall–Kier alpha value is -1.44. The summed E-state index contributed by atoms with van der Waals surface area (Å²) in [5, 5.41) is 0. The van der Waals surface area contributed by atoms with Gasteiger partial charge in [-0.1, -0.05) is 18.2 Å². The molecular formula is C9H7F6NO. The van der Waals surface area contributed by atoms with Crippen LogP contribution >= 0.6 is 0 Å². The molecule has 1 aromatic carbocycles. The van der Waals surface area contributed by atoms with Crippen LogP contribution in [-0.4, -0.2) is 12.5 Å². The van der Waals surface area contributed by atoms with Gasteiger partial charge in [-0.25, -0.2) is 0 Å². The second-order valence-corrected chi connectivity index (χ2v) is 3.10. The number of ether oxygens (including phenoxy) is 1. The molecule has 1 atom stereocenters. The molecule has 0 aromatic heterocycles. The van der Waals surface area contributed by atoms with E-state index in [2.05, 4.69) is 4.74 Å². The Morgan fingerprint density at radius 1 is 1.00 bits per heavy atom. The molecule has 0 radical (unpaired) electrons. The fourth-order valence-corrected chi connectivity index (χ4v) is 1.13. The molecule has 2 nitrogen and oxygen atoms in total. The highest BCUT2D eigenvalue weighted by atomic mass is 19.4. The summed E-state index contributed by atoms with van der Waals surface area (Å²) in [5.41, 5.74) is 4.05. The van der Waals surface area contributed by atoms with E-state index in [-0.39, 0.29) is 0 Å². The molecule has 17 heavy (non-hydrogen) atoms. The van der Waals surface area contributed by atoms with Gasteiger partial charge in [0.15, 0.2) is 0 Å². The number of benzene rings is 1.